The first-order valence-electron chi connectivity index (χ1n) is 9.23. The van der Waals surface area contributed by atoms with Crippen LogP contribution in [0.25, 0.3) is 0 Å². The van der Waals surface area contributed by atoms with Crippen LogP contribution in [0.3, 0.4) is 0 Å². The van der Waals surface area contributed by atoms with Crippen LogP contribution in [0.15, 0.2) is 54.6 Å². The number of hydrogen-bond acceptors (Lipinski definition) is 4. The van der Waals surface area contributed by atoms with Gasteiger partial charge < -0.3 is 9.64 Å². The molecule has 2 saturated heterocycles. The quantitative estimate of drug-likeness (QED) is 0.854. The molecule has 2 heterocycles. The van der Waals surface area contributed by atoms with Gasteiger partial charge >= 0.3 is 0 Å². The molecule has 0 spiro atoms. The van der Waals surface area contributed by atoms with Gasteiger partial charge in [-0.05, 0) is 36.9 Å². The van der Waals surface area contributed by atoms with Gasteiger partial charge in [-0.1, -0.05) is 30.3 Å². The molecule has 0 amide bonds. The third kappa shape index (κ3) is 4.21. The molecule has 0 aliphatic carbocycles. The van der Waals surface area contributed by atoms with Crippen molar-refractivity contribution in [3.05, 3.63) is 60.2 Å². The molecule has 0 N–H and O–H groups in total. The number of ether oxygens (including phenoxy) is 1. The minimum Gasteiger partial charge on any atom is -0.457 e. The normalized spacial score (nSPS) is 22.5. The average molecular weight is 337 g/mol. The number of benzene rings is 2. The van der Waals surface area contributed by atoms with Crippen molar-refractivity contribution in [3.8, 4) is 11.5 Å². The summed E-state index contributed by atoms with van der Waals surface area (Å²) in [5.74, 6) is 1.78. The summed E-state index contributed by atoms with van der Waals surface area (Å²) < 4.78 is 5.88. The number of nitrogens with zero attached hydrogens (tertiary/aromatic N) is 3. The Labute approximate surface area is 150 Å². The summed E-state index contributed by atoms with van der Waals surface area (Å²) in [7, 11) is 2.24. The molecule has 0 saturated carbocycles. The van der Waals surface area contributed by atoms with E-state index in [1.165, 1.54) is 44.8 Å². The molecule has 2 aliphatic rings. The van der Waals surface area contributed by atoms with E-state index in [4.69, 9.17) is 4.74 Å². The highest BCUT2D eigenvalue weighted by Crippen LogP contribution is 2.22. The average Bonchev–Trinajstić information content (AvgIpc) is 2.64. The molecule has 1 atom stereocenters. The molecule has 0 radical (unpaired) electrons. The molecule has 2 aromatic rings. The van der Waals surface area contributed by atoms with E-state index in [0.29, 0.717) is 6.04 Å². The van der Waals surface area contributed by atoms with E-state index in [1.807, 2.05) is 30.3 Å². The zero-order chi connectivity index (χ0) is 17.1. The number of hydrogen-bond donors (Lipinski definition) is 0. The molecule has 0 bridgehead atoms. The van der Waals surface area contributed by atoms with E-state index < -0.39 is 0 Å². The maximum atomic E-state index is 5.88. The van der Waals surface area contributed by atoms with Crippen molar-refractivity contribution < 1.29 is 4.74 Å². The molecule has 2 aliphatic heterocycles. The first-order chi connectivity index (χ1) is 12.3. The third-order valence-electron chi connectivity index (χ3n) is 5.29. The lowest BCUT2D eigenvalue weighted by Crippen LogP contribution is -2.60. The fraction of sp³-hybridized carbons (Fsp3) is 0.429. The first-order valence-corrected chi connectivity index (χ1v) is 9.23. The summed E-state index contributed by atoms with van der Waals surface area (Å²) in [5.41, 5.74) is 1.36. The van der Waals surface area contributed by atoms with Crippen LogP contribution in [-0.4, -0.2) is 67.1 Å². The highest BCUT2D eigenvalue weighted by Gasteiger charge is 2.30. The number of para-hydroxylation sites is 1. The van der Waals surface area contributed by atoms with Crippen LogP contribution in [0.4, 0.5) is 0 Å². The second-order valence-corrected chi connectivity index (χ2v) is 7.25. The Balaban J connectivity index is 1.33. The Hall–Kier alpha value is -1.88. The van der Waals surface area contributed by atoms with Gasteiger partial charge in [0.2, 0.25) is 0 Å². The maximum Gasteiger partial charge on any atom is 0.127 e. The van der Waals surface area contributed by atoms with Crippen LogP contribution in [0, 0.1) is 0 Å². The summed E-state index contributed by atoms with van der Waals surface area (Å²) in [6.07, 6.45) is 0. The Morgan fingerprint density at radius 2 is 1.56 bits per heavy atom. The van der Waals surface area contributed by atoms with Gasteiger partial charge in [0.05, 0.1) is 0 Å². The standard InChI is InChI=1S/C21H27N3O/c1-22-11-13-24-14-12-23(17-19(24)16-22)15-18-7-9-21(10-8-18)25-20-5-3-2-4-6-20/h2-10,19H,11-17H2,1H3/t19-/m1/s1. The molecule has 4 rings (SSSR count). The van der Waals surface area contributed by atoms with Crippen molar-refractivity contribution >= 4 is 0 Å². The van der Waals surface area contributed by atoms with E-state index in [2.05, 4.69) is 46.0 Å². The zero-order valence-electron chi connectivity index (χ0n) is 15.0. The molecular formula is C21H27N3O. The number of likely N-dealkylation sites (N-methyl/N-ethyl adjacent to an activating group) is 1. The lowest BCUT2D eigenvalue weighted by Gasteiger charge is -2.46. The van der Waals surface area contributed by atoms with Gasteiger partial charge in [0, 0.05) is 51.9 Å². The predicted molar refractivity (Wildman–Crippen MR) is 101 cm³/mol. The van der Waals surface area contributed by atoms with Crippen molar-refractivity contribution in [3.63, 3.8) is 0 Å². The van der Waals surface area contributed by atoms with Gasteiger partial charge in [-0.25, -0.2) is 0 Å². The van der Waals surface area contributed by atoms with Crippen molar-refractivity contribution in [1.29, 1.82) is 0 Å². The molecule has 4 nitrogen and oxygen atoms in total. The topological polar surface area (TPSA) is 19.0 Å². The summed E-state index contributed by atoms with van der Waals surface area (Å²) in [6.45, 7) is 8.20. The third-order valence-corrected chi connectivity index (χ3v) is 5.29. The van der Waals surface area contributed by atoms with Crippen LogP contribution in [0.2, 0.25) is 0 Å². The van der Waals surface area contributed by atoms with Gasteiger partial charge in [-0.2, -0.15) is 0 Å². The first kappa shape index (κ1) is 16.6. The van der Waals surface area contributed by atoms with Crippen molar-refractivity contribution in [2.75, 3.05) is 46.3 Å². The van der Waals surface area contributed by atoms with Crippen LogP contribution >= 0.6 is 0 Å². The lowest BCUT2D eigenvalue weighted by atomic mass is 10.1. The fourth-order valence-electron chi connectivity index (χ4n) is 3.86. The Morgan fingerprint density at radius 1 is 0.840 bits per heavy atom. The van der Waals surface area contributed by atoms with Gasteiger partial charge in [0.1, 0.15) is 11.5 Å². The summed E-state index contributed by atoms with van der Waals surface area (Å²) in [5, 5.41) is 0. The lowest BCUT2D eigenvalue weighted by molar-refractivity contribution is 0.0175. The molecule has 2 aromatic carbocycles. The maximum absolute atomic E-state index is 5.88. The summed E-state index contributed by atoms with van der Waals surface area (Å²) in [6, 6.07) is 19.2. The van der Waals surface area contributed by atoms with Crippen LogP contribution in [-0.2, 0) is 6.54 Å². The summed E-state index contributed by atoms with van der Waals surface area (Å²) >= 11 is 0. The van der Waals surface area contributed by atoms with E-state index in [-0.39, 0.29) is 0 Å². The number of rotatable bonds is 4. The van der Waals surface area contributed by atoms with Crippen molar-refractivity contribution in [2.45, 2.75) is 12.6 Å². The minimum atomic E-state index is 0.688. The van der Waals surface area contributed by atoms with Gasteiger partial charge in [0.15, 0.2) is 0 Å². The Bertz CT molecular complexity index is 673. The monoisotopic (exact) mass is 337 g/mol. The van der Waals surface area contributed by atoms with E-state index in [9.17, 15) is 0 Å². The largest absolute Gasteiger partial charge is 0.457 e. The molecule has 2 fully saturated rings. The molecule has 25 heavy (non-hydrogen) atoms. The number of piperazine rings is 2. The molecule has 132 valence electrons. The highest BCUT2D eigenvalue weighted by atomic mass is 16.5. The highest BCUT2D eigenvalue weighted by molar-refractivity contribution is 5.32. The van der Waals surface area contributed by atoms with E-state index in [0.717, 1.165) is 18.0 Å². The second kappa shape index (κ2) is 7.56. The van der Waals surface area contributed by atoms with Crippen molar-refractivity contribution in [2.24, 2.45) is 0 Å². The van der Waals surface area contributed by atoms with Crippen molar-refractivity contribution in [1.82, 2.24) is 14.7 Å². The Morgan fingerprint density at radius 3 is 2.36 bits per heavy atom. The fourth-order valence-corrected chi connectivity index (χ4v) is 3.86. The summed E-state index contributed by atoms with van der Waals surface area (Å²) in [4.78, 5) is 7.71. The van der Waals surface area contributed by atoms with E-state index in [1.54, 1.807) is 0 Å². The predicted octanol–water partition coefficient (Wildman–Crippen LogP) is 2.91. The smallest absolute Gasteiger partial charge is 0.127 e. The second-order valence-electron chi connectivity index (χ2n) is 7.25. The van der Waals surface area contributed by atoms with Gasteiger partial charge in [-0.3, -0.25) is 9.80 Å². The van der Waals surface area contributed by atoms with Crippen LogP contribution in [0.5, 0.6) is 11.5 Å². The van der Waals surface area contributed by atoms with Crippen LogP contribution < -0.4 is 4.74 Å². The zero-order valence-corrected chi connectivity index (χ0v) is 15.0. The molecule has 0 unspecified atom stereocenters. The molecular weight excluding hydrogens is 310 g/mol. The minimum absolute atomic E-state index is 0.688. The Kier molecular flexibility index (Phi) is 5.02. The molecule has 4 heteroatoms. The van der Waals surface area contributed by atoms with Gasteiger partial charge in [-0.15, -0.1) is 0 Å². The SMILES string of the molecule is CN1CCN2CCN(Cc3ccc(Oc4ccccc4)cc3)C[C@H]2C1. The molecule has 0 aromatic heterocycles. The van der Waals surface area contributed by atoms with Crippen LogP contribution in [0.1, 0.15) is 5.56 Å². The van der Waals surface area contributed by atoms with Gasteiger partial charge in [0.25, 0.3) is 0 Å². The number of fused-ring (bicyclic) bond motifs is 1. The van der Waals surface area contributed by atoms with E-state index >= 15 is 0 Å².